The van der Waals surface area contributed by atoms with E-state index in [0.717, 1.165) is 44.1 Å². The van der Waals surface area contributed by atoms with E-state index in [1.54, 1.807) is 24.0 Å². The molecule has 0 aliphatic carbocycles. The number of thioether (sulfide) groups is 1. The lowest BCUT2D eigenvalue weighted by atomic mass is 10.1. The first-order chi connectivity index (χ1) is 14.4. The highest BCUT2D eigenvalue weighted by Crippen LogP contribution is 2.17. The second-order valence-corrected chi connectivity index (χ2v) is 8.48. The minimum atomic E-state index is 0.523. The Bertz CT molecular complexity index is 829. The highest BCUT2D eigenvalue weighted by atomic mass is 32.2. The van der Waals surface area contributed by atoms with Gasteiger partial charge in [-0.15, -0.1) is 0 Å². The van der Waals surface area contributed by atoms with Crippen LogP contribution >= 0.6 is 24.0 Å². The molecule has 162 valence electrons. The van der Waals surface area contributed by atoms with Crippen molar-refractivity contribution in [1.82, 2.24) is 25.5 Å². The zero-order valence-electron chi connectivity index (χ0n) is 18.3. The van der Waals surface area contributed by atoms with Gasteiger partial charge in [0.25, 0.3) is 0 Å². The van der Waals surface area contributed by atoms with Gasteiger partial charge in [-0.05, 0) is 55.7 Å². The lowest BCUT2D eigenvalue weighted by molar-refractivity contribution is 0.258. The zero-order chi connectivity index (χ0) is 21.9. The summed E-state index contributed by atoms with van der Waals surface area (Å²) in [4.78, 5) is 11.7. The smallest absolute Gasteiger partial charge is 0.227 e. The van der Waals surface area contributed by atoms with Crippen LogP contribution in [0.3, 0.4) is 0 Å². The number of piperazine rings is 1. The van der Waals surface area contributed by atoms with Gasteiger partial charge in [0, 0.05) is 50.3 Å². The maximum absolute atomic E-state index is 5.51. The van der Waals surface area contributed by atoms with Crippen LogP contribution in [-0.2, 0) is 0 Å². The van der Waals surface area contributed by atoms with Crippen molar-refractivity contribution in [2.75, 3.05) is 50.6 Å². The largest absolute Gasteiger partial charge is 0.348 e. The summed E-state index contributed by atoms with van der Waals surface area (Å²) in [5.74, 6) is 0.523. The number of aromatic nitrogens is 2. The van der Waals surface area contributed by atoms with E-state index in [4.69, 9.17) is 12.2 Å². The third-order valence-corrected chi connectivity index (χ3v) is 4.59. The molecule has 3 rings (SSSR count). The molecule has 6 nitrogen and oxygen atoms in total. The molecule has 3 N–H and O–H groups in total. The molecule has 0 spiro atoms. The van der Waals surface area contributed by atoms with Gasteiger partial charge in [-0.25, -0.2) is 9.97 Å². The average molecular weight is 445 g/mol. The van der Waals surface area contributed by atoms with Gasteiger partial charge in [0.15, 0.2) is 0 Å². The molecule has 0 amide bonds. The second kappa shape index (κ2) is 12.6. The van der Waals surface area contributed by atoms with Crippen molar-refractivity contribution in [3.63, 3.8) is 0 Å². The van der Waals surface area contributed by atoms with E-state index >= 15 is 0 Å². The van der Waals surface area contributed by atoms with Crippen LogP contribution in [0.25, 0.3) is 0 Å². The van der Waals surface area contributed by atoms with Crippen molar-refractivity contribution >= 4 is 40.6 Å². The number of hydrogen-bond acceptors (Lipinski definition) is 7. The van der Waals surface area contributed by atoms with Gasteiger partial charge < -0.3 is 16.0 Å². The van der Waals surface area contributed by atoms with Gasteiger partial charge in [0.1, 0.15) is 10.7 Å². The lowest BCUT2D eigenvalue weighted by Crippen LogP contribution is -2.45. The maximum atomic E-state index is 5.51. The Morgan fingerprint density at radius 2 is 1.83 bits per heavy atom. The minimum Gasteiger partial charge on any atom is -0.348 e. The fourth-order valence-electron chi connectivity index (χ4n) is 3.12. The lowest BCUT2D eigenvalue weighted by Gasteiger charge is -2.28. The predicted octanol–water partition coefficient (Wildman–Crippen LogP) is 3.50. The van der Waals surface area contributed by atoms with Crippen LogP contribution in [0.1, 0.15) is 16.8 Å². The number of benzene rings is 1. The predicted molar refractivity (Wildman–Crippen MR) is 134 cm³/mol. The van der Waals surface area contributed by atoms with Crippen molar-refractivity contribution in [2.45, 2.75) is 13.8 Å². The Labute approximate surface area is 190 Å². The standard InChI is InChI=1S/C20H26N6S.C2H6S/c1-14-10-15(2)12-17(11-14)24-20-22-5-4-18(25-20)19(27)23-16(3)13-26-8-6-21-7-9-26;1-3-2/h4-5,10-12,21H,3,6-9,13H2,1-2H3,(H,23,27)(H,22,24,25);1-2H3. The number of aryl methyl sites for hydroxylation is 2. The molecule has 1 aromatic carbocycles. The molecule has 1 aliphatic heterocycles. The Kier molecular flexibility index (Phi) is 10.2. The van der Waals surface area contributed by atoms with Crippen LogP contribution < -0.4 is 16.0 Å². The highest BCUT2D eigenvalue weighted by Gasteiger charge is 2.12. The van der Waals surface area contributed by atoms with Gasteiger partial charge >= 0.3 is 0 Å². The first kappa shape index (κ1) is 24.3. The molecule has 0 atom stereocenters. The van der Waals surface area contributed by atoms with Crippen LogP contribution in [0, 0.1) is 13.8 Å². The molecule has 2 heterocycles. The summed E-state index contributed by atoms with van der Waals surface area (Å²) >= 11 is 7.26. The van der Waals surface area contributed by atoms with Gasteiger partial charge in [-0.2, -0.15) is 11.8 Å². The monoisotopic (exact) mass is 444 g/mol. The summed E-state index contributed by atoms with van der Waals surface area (Å²) in [5.41, 5.74) is 4.90. The number of nitrogens with one attached hydrogen (secondary N) is 3. The molecule has 1 saturated heterocycles. The third kappa shape index (κ3) is 8.39. The van der Waals surface area contributed by atoms with E-state index in [1.165, 1.54) is 11.1 Å². The van der Waals surface area contributed by atoms with E-state index in [-0.39, 0.29) is 0 Å². The fraction of sp³-hybridized carbons (Fsp3) is 0.409. The molecule has 0 bridgehead atoms. The van der Waals surface area contributed by atoms with Crippen molar-refractivity contribution in [3.8, 4) is 0 Å². The molecule has 1 fully saturated rings. The van der Waals surface area contributed by atoms with Crippen molar-refractivity contribution in [2.24, 2.45) is 0 Å². The van der Waals surface area contributed by atoms with E-state index < -0.39 is 0 Å². The topological polar surface area (TPSA) is 65.1 Å². The molecule has 1 aromatic heterocycles. The van der Waals surface area contributed by atoms with Gasteiger partial charge in [0.05, 0.1) is 0 Å². The molecule has 0 saturated carbocycles. The summed E-state index contributed by atoms with van der Waals surface area (Å²) in [5, 5.41) is 9.81. The summed E-state index contributed by atoms with van der Waals surface area (Å²) < 4.78 is 0. The van der Waals surface area contributed by atoms with Gasteiger partial charge in [-0.1, -0.05) is 24.9 Å². The average Bonchev–Trinajstić information content (AvgIpc) is 2.68. The number of thiocarbonyl (C=S) groups is 1. The zero-order valence-corrected chi connectivity index (χ0v) is 19.9. The fourth-order valence-corrected chi connectivity index (χ4v) is 3.38. The van der Waals surface area contributed by atoms with Crippen LogP contribution in [0.4, 0.5) is 11.6 Å². The van der Waals surface area contributed by atoms with E-state index in [0.29, 0.717) is 16.6 Å². The van der Waals surface area contributed by atoms with Crippen molar-refractivity contribution < 1.29 is 0 Å². The Morgan fingerprint density at radius 3 is 2.47 bits per heavy atom. The van der Waals surface area contributed by atoms with Crippen molar-refractivity contribution in [3.05, 3.63) is 59.6 Å². The van der Waals surface area contributed by atoms with E-state index in [2.05, 4.69) is 69.4 Å². The molecule has 1 aliphatic rings. The number of nitrogens with zero attached hydrogens (tertiary/aromatic N) is 3. The van der Waals surface area contributed by atoms with Crippen LogP contribution in [0.15, 0.2) is 42.7 Å². The maximum Gasteiger partial charge on any atom is 0.227 e. The van der Waals surface area contributed by atoms with E-state index in [1.807, 2.05) is 12.5 Å². The third-order valence-electron chi connectivity index (χ3n) is 4.28. The quantitative estimate of drug-likeness (QED) is 0.585. The van der Waals surface area contributed by atoms with Gasteiger partial charge in [0.2, 0.25) is 5.95 Å². The Hall–Kier alpha value is -2.00. The molecule has 8 heteroatoms. The summed E-state index contributed by atoms with van der Waals surface area (Å²) in [6.07, 6.45) is 5.79. The van der Waals surface area contributed by atoms with Crippen LogP contribution in [0.5, 0.6) is 0 Å². The first-order valence-electron chi connectivity index (χ1n) is 9.92. The number of rotatable bonds is 6. The van der Waals surface area contributed by atoms with E-state index in [9.17, 15) is 0 Å². The Balaban J connectivity index is 0.00000101. The number of hydrogen-bond donors (Lipinski definition) is 3. The van der Waals surface area contributed by atoms with Crippen molar-refractivity contribution in [1.29, 1.82) is 0 Å². The summed E-state index contributed by atoms with van der Waals surface area (Å²) in [6.45, 7) is 13.1. The highest BCUT2D eigenvalue weighted by molar-refractivity contribution is 7.97. The molecule has 0 unspecified atom stereocenters. The van der Waals surface area contributed by atoms with Crippen LogP contribution in [-0.4, -0.2) is 65.1 Å². The molecular formula is C22H32N6S2. The van der Waals surface area contributed by atoms with Crippen LogP contribution in [0.2, 0.25) is 0 Å². The molecular weight excluding hydrogens is 412 g/mol. The van der Waals surface area contributed by atoms with Gasteiger partial charge in [-0.3, -0.25) is 4.90 Å². The summed E-state index contributed by atoms with van der Waals surface area (Å²) in [7, 11) is 0. The molecule has 0 radical (unpaired) electrons. The minimum absolute atomic E-state index is 0.523. The summed E-state index contributed by atoms with van der Waals surface area (Å²) in [6, 6.07) is 8.06. The SMILES string of the molecule is C=C(CN1CCNCC1)NC(=S)c1ccnc(Nc2cc(C)cc(C)c2)n1.CSC. The Morgan fingerprint density at radius 1 is 1.20 bits per heavy atom. The molecule has 2 aromatic rings. The normalized spacial score (nSPS) is 13.7. The molecule has 30 heavy (non-hydrogen) atoms. The number of anilines is 2. The second-order valence-electron chi connectivity index (χ2n) is 7.26. The first-order valence-corrected chi connectivity index (χ1v) is 12.0.